The second-order valence-electron chi connectivity index (χ2n) is 4.75. The van der Waals surface area contributed by atoms with Gasteiger partial charge >= 0.3 is 0 Å². The standard InChI is InChI=1S/C14H20BrNO2/c1-2-12(17)5-6-16-9-13-8-10-7-11(15)3-4-14(10)18-13/h3-4,7,12-13,16-17H,2,5-6,8-9H2,1H3. The van der Waals surface area contributed by atoms with Gasteiger partial charge in [0, 0.05) is 17.4 Å². The van der Waals surface area contributed by atoms with Crippen LogP contribution in [-0.4, -0.2) is 30.4 Å². The van der Waals surface area contributed by atoms with E-state index < -0.39 is 0 Å². The molecule has 18 heavy (non-hydrogen) atoms. The van der Waals surface area contributed by atoms with E-state index >= 15 is 0 Å². The van der Waals surface area contributed by atoms with Crippen molar-refractivity contribution in [3.05, 3.63) is 28.2 Å². The number of aliphatic hydroxyl groups excluding tert-OH is 1. The van der Waals surface area contributed by atoms with Gasteiger partial charge in [-0.15, -0.1) is 0 Å². The molecule has 2 atom stereocenters. The van der Waals surface area contributed by atoms with Gasteiger partial charge in [-0.25, -0.2) is 0 Å². The predicted octanol–water partition coefficient (Wildman–Crippen LogP) is 2.50. The van der Waals surface area contributed by atoms with Crippen molar-refractivity contribution in [1.29, 1.82) is 0 Å². The second-order valence-corrected chi connectivity index (χ2v) is 5.67. The Morgan fingerprint density at radius 2 is 2.39 bits per heavy atom. The molecule has 0 aliphatic carbocycles. The summed E-state index contributed by atoms with van der Waals surface area (Å²) < 4.78 is 6.95. The summed E-state index contributed by atoms with van der Waals surface area (Å²) >= 11 is 3.47. The number of halogens is 1. The van der Waals surface area contributed by atoms with Crippen molar-refractivity contribution in [3.63, 3.8) is 0 Å². The molecule has 3 nitrogen and oxygen atoms in total. The largest absolute Gasteiger partial charge is 0.488 e. The Morgan fingerprint density at radius 3 is 3.17 bits per heavy atom. The molecule has 0 amide bonds. The first-order valence-corrected chi connectivity index (χ1v) is 7.32. The van der Waals surface area contributed by atoms with Crippen LogP contribution in [0.5, 0.6) is 5.75 Å². The number of fused-ring (bicyclic) bond motifs is 1. The molecule has 0 saturated heterocycles. The molecule has 100 valence electrons. The van der Waals surface area contributed by atoms with Crippen LogP contribution in [0, 0.1) is 0 Å². The quantitative estimate of drug-likeness (QED) is 0.793. The molecule has 2 unspecified atom stereocenters. The van der Waals surface area contributed by atoms with Gasteiger partial charge in [0.1, 0.15) is 11.9 Å². The van der Waals surface area contributed by atoms with Gasteiger partial charge in [-0.1, -0.05) is 22.9 Å². The molecule has 0 saturated carbocycles. The molecule has 1 heterocycles. The first kappa shape index (κ1) is 13.8. The third-order valence-corrected chi connectivity index (χ3v) is 3.75. The van der Waals surface area contributed by atoms with Gasteiger partial charge in [-0.2, -0.15) is 0 Å². The minimum absolute atomic E-state index is 0.185. The van der Waals surface area contributed by atoms with E-state index in [2.05, 4.69) is 27.3 Å². The van der Waals surface area contributed by atoms with Gasteiger partial charge in [0.2, 0.25) is 0 Å². The van der Waals surface area contributed by atoms with Crippen LogP contribution in [0.4, 0.5) is 0 Å². The number of aliphatic hydroxyl groups is 1. The number of benzene rings is 1. The molecule has 1 aliphatic heterocycles. The summed E-state index contributed by atoms with van der Waals surface area (Å²) in [5.74, 6) is 0.999. The Bertz CT molecular complexity index is 397. The van der Waals surface area contributed by atoms with E-state index in [0.29, 0.717) is 0 Å². The molecule has 2 N–H and O–H groups in total. The summed E-state index contributed by atoms with van der Waals surface area (Å²) in [7, 11) is 0. The van der Waals surface area contributed by atoms with Gasteiger partial charge in [-0.3, -0.25) is 0 Å². The predicted molar refractivity (Wildman–Crippen MR) is 76.0 cm³/mol. The van der Waals surface area contributed by atoms with Gasteiger partial charge in [-0.05, 0) is 43.1 Å². The van der Waals surface area contributed by atoms with Crippen LogP contribution < -0.4 is 10.1 Å². The minimum Gasteiger partial charge on any atom is -0.488 e. The fraction of sp³-hybridized carbons (Fsp3) is 0.571. The maximum atomic E-state index is 9.45. The normalized spacial score (nSPS) is 19.4. The SMILES string of the molecule is CCC(O)CCNCC1Cc2cc(Br)ccc2O1. The smallest absolute Gasteiger partial charge is 0.123 e. The van der Waals surface area contributed by atoms with Gasteiger partial charge < -0.3 is 15.2 Å². The Hall–Kier alpha value is -0.580. The van der Waals surface area contributed by atoms with E-state index in [0.717, 1.165) is 42.6 Å². The monoisotopic (exact) mass is 313 g/mol. The Balaban J connectivity index is 1.71. The van der Waals surface area contributed by atoms with Crippen molar-refractivity contribution < 1.29 is 9.84 Å². The lowest BCUT2D eigenvalue weighted by Crippen LogP contribution is -2.31. The molecule has 1 aliphatic rings. The Morgan fingerprint density at radius 1 is 1.56 bits per heavy atom. The van der Waals surface area contributed by atoms with Crippen LogP contribution in [0.3, 0.4) is 0 Å². The summed E-state index contributed by atoms with van der Waals surface area (Å²) in [5, 5.41) is 12.8. The van der Waals surface area contributed by atoms with E-state index in [1.165, 1.54) is 5.56 Å². The summed E-state index contributed by atoms with van der Waals surface area (Å²) in [6.07, 6.45) is 2.61. The van der Waals surface area contributed by atoms with Crippen molar-refractivity contribution in [3.8, 4) is 5.75 Å². The molecule has 4 heteroatoms. The molecule has 0 radical (unpaired) electrons. The average molecular weight is 314 g/mol. The van der Waals surface area contributed by atoms with Gasteiger partial charge in [0.05, 0.1) is 6.10 Å². The lowest BCUT2D eigenvalue weighted by atomic mass is 10.1. The zero-order chi connectivity index (χ0) is 13.0. The van der Waals surface area contributed by atoms with E-state index in [4.69, 9.17) is 4.74 Å². The van der Waals surface area contributed by atoms with Crippen molar-refractivity contribution in [2.24, 2.45) is 0 Å². The number of rotatable bonds is 6. The molecular weight excluding hydrogens is 294 g/mol. The second kappa shape index (κ2) is 6.55. The molecular formula is C14H20BrNO2. The molecule has 0 spiro atoms. The fourth-order valence-corrected chi connectivity index (χ4v) is 2.55. The van der Waals surface area contributed by atoms with Crippen LogP contribution in [0.25, 0.3) is 0 Å². The first-order chi connectivity index (χ1) is 8.69. The highest BCUT2D eigenvalue weighted by Gasteiger charge is 2.22. The maximum absolute atomic E-state index is 9.45. The lowest BCUT2D eigenvalue weighted by molar-refractivity contribution is 0.157. The maximum Gasteiger partial charge on any atom is 0.123 e. The fourth-order valence-electron chi connectivity index (χ4n) is 2.14. The molecule has 0 aromatic heterocycles. The zero-order valence-electron chi connectivity index (χ0n) is 10.7. The third-order valence-electron chi connectivity index (χ3n) is 3.26. The lowest BCUT2D eigenvalue weighted by Gasteiger charge is -2.13. The van der Waals surface area contributed by atoms with E-state index in [-0.39, 0.29) is 12.2 Å². The minimum atomic E-state index is -0.185. The highest BCUT2D eigenvalue weighted by Crippen LogP contribution is 2.30. The first-order valence-electron chi connectivity index (χ1n) is 6.53. The molecule has 0 fully saturated rings. The highest BCUT2D eigenvalue weighted by molar-refractivity contribution is 9.10. The Kier molecular flexibility index (Phi) is 5.03. The van der Waals surface area contributed by atoms with E-state index in [9.17, 15) is 5.11 Å². The van der Waals surface area contributed by atoms with E-state index in [1.807, 2.05) is 19.1 Å². The topological polar surface area (TPSA) is 41.5 Å². The average Bonchev–Trinajstić information content (AvgIpc) is 2.76. The van der Waals surface area contributed by atoms with Gasteiger partial charge in [0.25, 0.3) is 0 Å². The number of hydrogen-bond acceptors (Lipinski definition) is 3. The molecule has 1 aromatic carbocycles. The summed E-state index contributed by atoms with van der Waals surface area (Å²) in [5.41, 5.74) is 1.27. The van der Waals surface area contributed by atoms with Crippen molar-refractivity contribution in [2.75, 3.05) is 13.1 Å². The number of nitrogens with one attached hydrogen (secondary N) is 1. The van der Waals surface area contributed by atoms with Crippen molar-refractivity contribution in [1.82, 2.24) is 5.32 Å². The van der Waals surface area contributed by atoms with Crippen LogP contribution in [0.2, 0.25) is 0 Å². The van der Waals surface area contributed by atoms with Crippen molar-refractivity contribution >= 4 is 15.9 Å². The zero-order valence-corrected chi connectivity index (χ0v) is 12.2. The van der Waals surface area contributed by atoms with Crippen LogP contribution in [0.15, 0.2) is 22.7 Å². The summed E-state index contributed by atoms with van der Waals surface area (Å²) in [6, 6.07) is 6.14. The molecule has 2 rings (SSSR count). The van der Waals surface area contributed by atoms with Crippen molar-refractivity contribution in [2.45, 2.75) is 38.4 Å². The summed E-state index contributed by atoms with van der Waals surface area (Å²) in [4.78, 5) is 0. The van der Waals surface area contributed by atoms with Crippen LogP contribution in [0.1, 0.15) is 25.3 Å². The number of ether oxygens (including phenoxy) is 1. The van der Waals surface area contributed by atoms with Crippen LogP contribution in [-0.2, 0) is 6.42 Å². The third kappa shape index (κ3) is 3.70. The highest BCUT2D eigenvalue weighted by atomic mass is 79.9. The van der Waals surface area contributed by atoms with E-state index in [1.54, 1.807) is 0 Å². The molecule has 1 aromatic rings. The number of hydrogen-bond donors (Lipinski definition) is 2. The molecule has 0 bridgehead atoms. The van der Waals surface area contributed by atoms with Crippen LogP contribution >= 0.6 is 15.9 Å². The Labute approximate surface area is 117 Å². The van der Waals surface area contributed by atoms with Gasteiger partial charge in [0.15, 0.2) is 0 Å². The summed E-state index contributed by atoms with van der Waals surface area (Å²) in [6.45, 7) is 3.68.